The Kier molecular flexibility index (Phi) is 8.76. The highest BCUT2D eigenvalue weighted by molar-refractivity contribution is 6.10. The Morgan fingerprint density at radius 2 is 0.825 bits per heavy atom. The van der Waals surface area contributed by atoms with Gasteiger partial charge in [0.1, 0.15) is 0 Å². The first-order chi connectivity index (χ1) is 31.3. The van der Waals surface area contributed by atoms with Crippen molar-refractivity contribution >= 4 is 38.9 Å². The molecule has 0 N–H and O–H groups in total. The molecule has 0 atom stereocenters. The van der Waals surface area contributed by atoms with Crippen molar-refractivity contribution in [2.75, 3.05) is 4.90 Å². The molecular formula is C61H42N2. The lowest BCUT2D eigenvalue weighted by Gasteiger charge is -2.34. The molecule has 10 aromatic carbocycles. The highest BCUT2D eigenvalue weighted by Gasteiger charge is 2.46. The van der Waals surface area contributed by atoms with E-state index in [4.69, 9.17) is 0 Å². The van der Waals surface area contributed by atoms with Crippen molar-refractivity contribution < 1.29 is 0 Å². The van der Waals surface area contributed by atoms with Gasteiger partial charge in [-0.25, -0.2) is 0 Å². The van der Waals surface area contributed by atoms with E-state index in [9.17, 15) is 0 Å². The van der Waals surface area contributed by atoms with Crippen LogP contribution in [0, 0.1) is 0 Å². The molecule has 0 radical (unpaired) electrons. The van der Waals surface area contributed by atoms with E-state index in [1.54, 1.807) is 0 Å². The minimum Gasteiger partial charge on any atom is -0.310 e. The average Bonchev–Trinajstić information content (AvgIpc) is 3.86. The Balaban J connectivity index is 1.04. The summed E-state index contributed by atoms with van der Waals surface area (Å²) >= 11 is 0. The minimum absolute atomic E-state index is 0.462. The first-order valence-electron chi connectivity index (χ1n) is 21.8. The number of para-hydroxylation sites is 2. The fourth-order valence-electron chi connectivity index (χ4n) is 10.3. The lowest BCUT2D eigenvalue weighted by molar-refractivity contribution is 0.768. The third kappa shape index (κ3) is 5.95. The Morgan fingerprint density at radius 1 is 0.302 bits per heavy atom. The normalized spacial score (nSPS) is 12.6. The van der Waals surface area contributed by atoms with Crippen LogP contribution >= 0.6 is 0 Å². The van der Waals surface area contributed by atoms with Crippen LogP contribution in [0.1, 0.15) is 22.3 Å². The average molecular weight is 803 g/mol. The van der Waals surface area contributed by atoms with Gasteiger partial charge in [-0.15, -0.1) is 0 Å². The lowest BCUT2D eigenvalue weighted by Crippen LogP contribution is -2.28. The third-order valence-electron chi connectivity index (χ3n) is 13.1. The van der Waals surface area contributed by atoms with Crippen molar-refractivity contribution in [3.8, 4) is 39.1 Å². The fraction of sp³-hybridized carbons (Fsp3) is 0.0164. The third-order valence-corrected chi connectivity index (χ3v) is 13.1. The molecule has 0 amide bonds. The van der Waals surface area contributed by atoms with Gasteiger partial charge < -0.3 is 9.47 Å². The number of anilines is 3. The van der Waals surface area contributed by atoms with E-state index in [0.29, 0.717) is 0 Å². The molecule has 1 aliphatic carbocycles. The predicted molar refractivity (Wildman–Crippen MR) is 264 cm³/mol. The Hall–Kier alpha value is -8.20. The van der Waals surface area contributed by atoms with E-state index in [1.807, 2.05) is 0 Å². The molecule has 0 fully saturated rings. The molecular weight excluding hydrogens is 761 g/mol. The van der Waals surface area contributed by atoms with Crippen LogP contribution < -0.4 is 4.90 Å². The van der Waals surface area contributed by atoms with E-state index in [2.05, 4.69) is 264 Å². The first-order valence-corrected chi connectivity index (χ1v) is 21.8. The summed E-state index contributed by atoms with van der Waals surface area (Å²) in [6.07, 6.45) is 0. The van der Waals surface area contributed by atoms with E-state index in [-0.39, 0.29) is 0 Å². The maximum atomic E-state index is 2.42. The van der Waals surface area contributed by atoms with Crippen molar-refractivity contribution in [3.63, 3.8) is 0 Å². The van der Waals surface area contributed by atoms with Gasteiger partial charge in [-0.1, -0.05) is 194 Å². The van der Waals surface area contributed by atoms with Crippen molar-refractivity contribution in [1.82, 2.24) is 4.57 Å². The number of nitrogens with zero attached hydrogens (tertiary/aromatic N) is 2. The molecule has 0 saturated heterocycles. The summed E-state index contributed by atoms with van der Waals surface area (Å²) in [7, 11) is 0. The monoisotopic (exact) mass is 802 g/mol. The minimum atomic E-state index is -0.462. The van der Waals surface area contributed by atoms with Gasteiger partial charge in [-0.3, -0.25) is 0 Å². The van der Waals surface area contributed by atoms with Gasteiger partial charge in [0.2, 0.25) is 0 Å². The molecule has 0 saturated carbocycles. The Bertz CT molecular complexity index is 3380. The molecule has 63 heavy (non-hydrogen) atoms. The molecule has 2 heteroatoms. The van der Waals surface area contributed by atoms with Crippen LogP contribution in [0.2, 0.25) is 0 Å². The van der Waals surface area contributed by atoms with Gasteiger partial charge in [-0.2, -0.15) is 0 Å². The zero-order chi connectivity index (χ0) is 41.7. The summed E-state index contributed by atoms with van der Waals surface area (Å²) in [5.41, 5.74) is 18.7. The van der Waals surface area contributed by atoms with Crippen LogP contribution in [-0.2, 0) is 5.41 Å². The Morgan fingerprint density at radius 3 is 1.57 bits per heavy atom. The van der Waals surface area contributed by atoms with E-state index in [0.717, 1.165) is 28.3 Å². The van der Waals surface area contributed by atoms with E-state index in [1.165, 1.54) is 71.9 Å². The summed E-state index contributed by atoms with van der Waals surface area (Å²) in [5, 5.41) is 2.50. The summed E-state index contributed by atoms with van der Waals surface area (Å²) in [5.74, 6) is 0. The van der Waals surface area contributed by atoms with Gasteiger partial charge >= 0.3 is 0 Å². The van der Waals surface area contributed by atoms with Crippen LogP contribution in [0.5, 0.6) is 0 Å². The highest BCUT2D eigenvalue weighted by atomic mass is 15.1. The second-order valence-corrected chi connectivity index (χ2v) is 16.5. The standard InChI is InChI=1S/C61H42N2/c1-5-18-43(19-6-1)44-32-35-50(36-33-44)62(51-27-17-20-45(40-51)46-34-38-55-54-29-14-16-31-59(54)63(60(55)41-46)49-25-11-4-12-26-49)52-37-39-58-56(42-52)53-28-13-15-30-57(53)61(58,47-21-7-2-8-22-47)48-23-9-3-10-24-48/h1-42H. The van der Waals surface area contributed by atoms with Gasteiger partial charge in [0.25, 0.3) is 0 Å². The first kappa shape index (κ1) is 36.6. The molecule has 12 rings (SSSR count). The molecule has 0 bridgehead atoms. The number of hydrogen-bond acceptors (Lipinski definition) is 1. The molecule has 1 aliphatic rings. The Labute approximate surface area is 368 Å². The van der Waals surface area contributed by atoms with Crippen molar-refractivity contribution in [3.05, 3.63) is 277 Å². The topological polar surface area (TPSA) is 8.17 Å². The molecule has 1 aromatic heterocycles. The molecule has 296 valence electrons. The van der Waals surface area contributed by atoms with E-state index >= 15 is 0 Å². The van der Waals surface area contributed by atoms with Gasteiger partial charge in [0.15, 0.2) is 0 Å². The number of hydrogen-bond donors (Lipinski definition) is 0. The van der Waals surface area contributed by atoms with E-state index < -0.39 is 5.41 Å². The maximum Gasteiger partial charge on any atom is 0.0713 e. The quantitative estimate of drug-likeness (QED) is 0.149. The molecule has 0 aliphatic heterocycles. The second kappa shape index (κ2) is 15.1. The van der Waals surface area contributed by atoms with Crippen LogP contribution in [-0.4, -0.2) is 4.57 Å². The number of rotatable bonds is 8. The van der Waals surface area contributed by atoms with Gasteiger partial charge in [0, 0.05) is 33.5 Å². The van der Waals surface area contributed by atoms with Crippen LogP contribution in [0.3, 0.4) is 0 Å². The largest absolute Gasteiger partial charge is 0.310 e. The van der Waals surface area contributed by atoms with Crippen molar-refractivity contribution in [2.45, 2.75) is 5.41 Å². The number of benzene rings is 10. The fourth-order valence-corrected chi connectivity index (χ4v) is 10.3. The molecule has 0 spiro atoms. The van der Waals surface area contributed by atoms with Crippen LogP contribution in [0.4, 0.5) is 17.1 Å². The zero-order valence-corrected chi connectivity index (χ0v) is 34.6. The SMILES string of the molecule is c1ccc(-c2ccc(N(c3cccc(-c4ccc5c6ccccc6n(-c6ccccc6)c5c4)c3)c3ccc4c(c3)-c3ccccc3C4(c3ccccc3)c3ccccc3)cc2)cc1. The van der Waals surface area contributed by atoms with Gasteiger partial charge in [-0.05, 0) is 116 Å². The summed E-state index contributed by atoms with van der Waals surface area (Å²) in [6, 6.07) is 93.2. The second-order valence-electron chi connectivity index (χ2n) is 16.5. The summed E-state index contributed by atoms with van der Waals surface area (Å²) in [6.45, 7) is 0. The smallest absolute Gasteiger partial charge is 0.0713 e. The van der Waals surface area contributed by atoms with Gasteiger partial charge in [0.05, 0.1) is 16.4 Å². The van der Waals surface area contributed by atoms with Crippen LogP contribution in [0.25, 0.3) is 60.9 Å². The molecule has 11 aromatic rings. The van der Waals surface area contributed by atoms with Crippen molar-refractivity contribution in [2.24, 2.45) is 0 Å². The van der Waals surface area contributed by atoms with Crippen LogP contribution in [0.15, 0.2) is 255 Å². The zero-order valence-electron chi connectivity index (χ0n) is 34.6. The van der Waals surface area contributed by atoms with Crippen molar-refractivity contribution in [1.29, 1.82) is 0 Å². The summed E-state index contributed by atoms with van der Waals surface area (Å²) in [4.78, 5) is 2.42. The molecule has 1 heterocycles. The number of fused-ring (bicyclic) bond motifs is 6. The predicted octanol–water partition coefficient (Wildman–Crippen LogP) is 16.0. The maximum absolute atomic E-state index is 2.42. The molecule has 2 nitrogen and oxygen atoms in total. The lowest BCUT2D eigenvalue weighted by atomic mass is 9.68. The molecule has 0 unspecified atom stereocenters. The highest BCUT2D eigenvalue weighted by Crippen LogP contribution is 2.57. The summed E-state index contributed by atoms with van der Waals surface area (Å²) < 4.78 is 2.39. The number of aromatic nitrogens is 1.